The van der Waals surface area contributed by atoms with Gasteiger partial charge in [0.25, 0.3) is 11.1 Å². The minimum Gasteiger partial charge on any atom is -0.287 e. The van der Waals surface area contributed by atoms with Gasteiger partial charge < -0.3 is 0 Å². The van der Waals surface area contributed by atoms with E-state index in [1.165, 1.54) is 27.8 Å². The summed E-state index contributed by atoms with van der Waals surface area (Å²) in [5.74, 6) is 0.240. The molecule has 9 heteroatoms. The molecule has 0 aliphatic carbocycles. The number of nitrogens with zero attached hydrogens (tertiary/aromatic N) is 5. The van der Waals surface area contributed by atoms with Crippen molar-refractivity contribution in [3.63, 3.8) is 0 Å². The minimum atomic E-state index is -0.200. The fourth-order valence-electron chi connectivity index (χ4n) is 3.16. The van der Waals surface area contributed by atoms with Gasteiger partial charge in [-0.25, -0.2) is 4.98 Å². The van der Waals surface area contributed by atoms with Gasteiger partial charge >= 0.3 is 0 Å². The first-order valence-electron chi connectivity index (χ1n) is 9.47. The number of rotatable bonds is 6. The molecule has 3 heterocycles. The van der Waals surface area contributed by atoms with Crippen molar-refractivity contribution in [2.45, 2.75) is 51.2 Å². The first-order valence-corrected chi connectivity index (χ1v) is 11.3. The number of thiophene rings is 1. The smallest absolute Gasteiger partial charge is 0.278 e. The van der Waals surface area contributed by atoms with Crippen LogP contribution in [0.3, 0.4) is 0 Å². The molecule has 3 aromatic heterocycles. The van der Waals surface area contributed by atoms with E-state index in [0.29, 0.717) is 28.0 Å². The van der Waals surface area contributed by atoms with Crippen molar-refractivity contribution in [1.82, 2.24) is 24.5 Å². The number of hydrogen-bond donors (Lipinski definition) is 0. The minimum absolute atomic E-state index is 0.00950. The molecule has 0 aliphatic heterocycles. The van der Waals surface area contributed by atoms with Crippen LogP contribution in [-0.4, -0.2) is 24.5 Å². The second-order valence-corrected chi connectivity index (χ2v) is 8.97. The molecule has 7 nitrogen and oxygen atoms in total. The Hall–Kier alpha value is -2.52. The van der Waals surface area contributed by atoms with Gasteiger partial charge in [0, 0.05) is 11.4 Å². The lowest BCUT2D eigenvalue weighted by Crippen LogP contribution is -2.26. The molecule has 0 radical (unpaired) electrons. The van der Waals surface area contributed by atoms with Gasteiger partial charge in [-0.3, -0.25) is 14.2 Å². The molecule has 0 bridgehead atoms. The lowest BCUT2D eigenvalue weighted by atomic mass is 10.2. The van der Waals surface area contributed by atoms with Crippen molar-refractivity contribution < 1.29 is 0 Å². The highest BCUT2D eigenvalue weighted by molar-refractivity contribution is 7.98. The van der Waals surface area contributed by atoms with E-state index in [-0.39, 0.29) is 17.0 Å². The lowest BCUT2D eigenvalue weighted by Gasteiger charge is -2.12. The first kappa shape index (κ1) is 19.8. The Morgan fingerprint density at radius 2 is 1.93 bits per heavy atom. The summed E-state index contributed by atoms with van der Waals surface area (Å²) in [5, 5.41) is 10.0. The molecule has 0 saturated carbocycles. The zero-order valence-corrected chi connectivity index (χ0v) is 18.1. The summed E-state index contributed by atoms with van der Waals surface area (Å²) in [6.07, 6.45) is 1.87. The quantitative estimate of drug-likeness (QED) is 0.344. The summed E-state index contributed by atoms with van der Waals surface area (Å²) in [6.45, 7) is 6.67. The van der Waals surface area contributed by atoms with Crippen molar-refractivity contribution >= 4 is 44.2 Å². The summed E-state index contributed by atoms with van der Waals surface area (Å²) in [6, 6.07) is 7.14. The predicted octanol–water partition coefficient (Wildman–Crippen LogP) is 3.73. The molecular formula is C20H21N5O2S2. The van der Waals surface area contributed by atoms with Gasteiger partial charge in [-0.15, -0.1) is 16.4 Å². The van der Waals surface area contributed by atoms with Crippen molar-refractivity contribution in [3.05, 3.63) is 55.4 Å². The van der Waals surface area contributed by atoms with Crippen LogP contribution in [0.1, 0.15) is 30.2 Å². The number of aryl methyl sites for hydroxylation is 2. The normalized spacial score (nSPS) is 11.6. The van der Waals surface area contributed by atoms with Gasteiger partial charge in [0.05, 0.1) is 16.6 Å². The van der Waals surface area contributed by atoms with Crippen LogP contribution >= 0.6 is 23.1 Å². The SMILES string of the molecule is CCCCn1c(SCn2nnc3ccccc3c2=O)nc2sc(C)c(C)c2c1=O. The topological polar surface area (TPSA) is 82.7 Å². The Bertz CT molecular complexity index is 1320. The highest BCUT2D eigenvalue weighted by Gasteiger charge is 2.17. The maximum absolute atomic E-state index is 13.2. The fraction of sp³-hybridized carbons (Fsp3) is 0.350. The van der Waals surface area contributed by atoms with Gasteiger partial charge in [-0.1, -0.05) is 42.5 Å². The van der Waals surface area contributed by atoms with Gasteiger partial charge in [-0.05, 0) is 38.0 Å². The van der Waals surface area contributed by atoms with Crippen molar-refractivity contribution in [1.29, 1.82) is 0 Å². The molecular weight excluding hydrogens is 406 g/mol. The van der Waals surface area contributed by atoms with Crippen molar-refractivity contribution in [2.24, 2.45) is 0 Å². The molecule has 0 aliphatic rings. The molecule has 0 amide bonds. The number of benzene rings is 1. The zero-order valence-electron chi connectivity index (χ0n) is 16.5. The Balaban J connectivity index is 1.74. The number of thioether (sulfide) groups is 1. The van der Waals surface area contributed by atoms with E-state index >= 15 is 0 Å². The van der Waals surface area contributed by atoms with E-state index < -0.39 is 0 Å². The fourth-order valence-corrected chi connectivity index (χ4v) is 5.13. The van der Waals surface area contributed by atoms with Crippen LogP contribution < -0.4 is 11.1 Å². The summed E-state index contributed by atoms with van der Waals surface area (Å²) < 4.78 is 3.05. The van der Waals surface area contributed by atoms with Crippen LogP contribution in [0.5, 0.6) is 0 Å². The van der Waals surface area contributed by atoms with E-state index in [1.54, 1.807) is 16.7 Å². The average molecular weight is 428 g/mol. The third kappa shape index (κ3) is 3.60. The molecule has 0 saturated heterocycles. The predicted molar refractivity (Wildman–Crippen MR) is 118 cm³/mol. The highest BCUT2D eigenvalue weighted by Crippen LogP contribution is 2.28. The Kier molecular flexibility index (Phi) is 5.51. The van der Waals surface area contributed by atoms with Crippen LogP contribution in [-0.2, 0) is 12.4 Å². The Morgan fingerprint density at radius 3 is 2.72 bits per heavy atom. The Morgan fingerprint density at radius 1 is 1.14 bits per heavy atom. The van der Waals surface area contributed by atoms with Crippen LogP contribution in [0.2, 0.25) is 0 Å². The standard InChI is InChI=1S/C20H21N5O2S2/c1-4-5-10-24-19(27)16-12(2)13(3)29-17(16)21-20(24)28-11-25-18(26)14-8-6-7-9-15(14)22-23-25/h6-9H,4-5,10-11H2,1-3H3. The van der Waals surface area contributed by atoms with Crippen LogP contribution in [0, 0.1) is 13.8 Å². The summed E-state index contributed by atoms with van der Waals surface area (Å²) in [4.78, 5) is 32.5. The number of aromatic nitrogens is 5. The summed E-state index contributed by atoms with van der Waals surface area (Å²) in [5.41, 5.74) is 1.36. The maximum Gasteiger partial charge on any atom is 0.278 e. The molecule has 0 fully saturated rings. The molecule has 150 valence electrons. The van der Waals surface area contributed by atoms with Crippen LogP contribution in [0.15, 0.2) is 39.0 Å². The maximum atomic E-state index is 13.2. The molecule has 0 unspecified atom stereocenters. The molecule has 0 atom stereocenters. The number of fused-ring (bicyclic) bond motifs is 2. The van der Waals surface area contributed by atoms with Crippen LogP contribution in [0.4, 0.5) is 0 Å². The molecule has 29 heavy (non-hydrogen) atoms. The monoisotopic (exact) mass is 427 g/mol. The van der Waals surface area contributed by atoms with E-state index in [4.69, 9.17) is 4.98 Å². The molecule has 4 aromatic rings. The molecule has 0 spiro atoms. The van der Waals surface area contributed by atoms with E-state index in [1.807, 2.05) is 26.0 Å². The van der Waals surface area contributed by atoms with E-state index in [9.17, 15) is 9.59 Å². The highest BCUT2D eigenvalue weighted by atomic mass is 32.2. The molecule has 0 N–H and O–H groups in total. The van der Waals surface area contributed by atoms with Gasteiger partial charge in [-0.2, -0.15) is 4.68 Å². The first-order chi connectivity index (χ1) is 14.0. The molecule has 1 aromatic carbocycles. The summed E-state index contributed by atoms with van der Waals surface area (Å²) >= 11 is 2.87. The second-order valence-electron chi connectivity index (χ2n) is 6.85. The lowest BCUT2D eigenvalue weighted by molar-refractivity contribution is 0.555. The van der Waals surface area contributed by atoms with Crippen molar-refractivity contribution in [2.75, 3.05) is 0 Å². The average Bonchev–Trinajstić information content (AvgIpc) is 3.01. The number of hydrogen-bond acceptors (Lipinski definition) is 7. The largest absolute Gasteiger partial charge is 0.287 e. The van der Waals surface area contributed by atoms with Gasteiger partial charge in [0.2, 0.25) is 0 Å². The third-order valence-corrected chi connectivity index (χ3v) is 6.98. The van der Waals surface area contributed by atoms with E-state index in [0.717, 1.165) is 28.1 Å². The second kappa shape index (κ2) is 8.08. The summed E-state index contributed by atoms with van der Waals surface area (Å²) in [7, 11) is 0. The van der Waals surface area contributed by atoms with Crippen LogP contribution in [0.25, 0.3) is 21.1 Å². The van der Waals surface area contributed by atoms with E-state index in [2.05, 4.69) is 17.2 Å². The molecule has 4 rings (SSSR count). The Labute approximate surface area is 175 Å². The van der Waals surface area contributed by atoms with Crippen molar-refractivity contribution in [3.8, 4) is 0 Å². The van der Waals surface area contributed by atoms with Gasteiger partial charge in [0.1, 0.15) is 10.3 Å². The number of unbranched alkanes of at least 4 members (excludes halogenated alkanes) is 1. The van der Waals surface area contributed by atoms with Gasteiger partial charge in [0.15, 0.2) is 5.16 Å². The third-order valence-electron chi connectivity index (χ3n) is 4.93. The zero-order chi connectivity index (χ0) is 20.5.